The molecule has 0 amide bonds. The molecule has 1 aliphatic rings. The van der Waals surface area contributed by atoms with Crippen LogP contribution in [0.5, 0.6) is 0 Å². The van der Waals surface area contributed by atoms with Gasteiger partial charge >= 0.3 is 0 Å². The molecule has 1 N–H and O–H groups in total. The van der Waals surface area contributed by atoms with Crippen molar-refractivity contribution in [3.05, 3.63) is 10.6 Å². The number of aryl methyl sites for hydroxylation is 1. The van der Waals surface area contributed by atoms with Gasteiger partial charge in [0.2, 0.25) is 4.77 Å². The van der Waals surface area contributed by atoms with Crippen molar-refractivity contribution in [2.24, 2.45) is 7.05 Å². The molecule has 4 nitrogen and oxygen atoms in total. The van der Waals surface area contributed by atoms with Gasteiger partial charge in [0.1, 0.15) is 5.82 Å². The highest BCUT2D eigenvalue weighted by molar-refractivity contribution is 7.71. The molecule has 2 heterocycles. The summed E-state index contributed by atoms with van der Waals surface area (Å²) in [4.78, 5) is 4.22. The van der Waals surface area contributed by atoms with E-state index in [1.807, 2.05) is 7.05 Å². The van der Waals surface area contributed by atoms with E-state index in [-0.39, 0.29) is 0 Å². The first-order valence-electron chi connectivity index (χ1n) is 4.49. The van der Waals surface area contributed by atoms with E-state index in [2.05, 4.69) is 10.1 Å². The number of nitrogens with zero attached hydrogens (tertiary/aromatic N) is 2. The maximum Gasteiger partial charge on any atom is 0.215 e. The van der Waals surface area contributed by atoms with Gasteiger partial charge in [-0.15, -0.1) is 0 Å². The van der Waals surface area contributed by atoms with E-state index in [0.29, 0.717) is 10.9 Å². The Labute approximate surface area is 81.9 Å². The standard InChI is InChI=1S/C8H13N3OS/c1-11-8(13)9-7(10-11)5-6-3-2-4-12-6/h6H,2-5H2,1H3,(H,9,10,13). The number of aromatic nitrogens is 3. The molecule has 1 aromatic heterocycles. The van der Waals surface area contributed by atoms with Crippen LogP contribution < -0.4 is 0 Å². The predicted molar refractivity (Wildman–Crippen MR) is 51.1 cm³/mol. The van der Waals surface area contributed by atoms with Gasteiger partial charge in [0.15, 0.2) is 0 Å². The predicted octanol–water partition coefficient (Wildman–Crippen LogP) is 1.20. The minimum Gasteiger partial charge on any atom is -0.378 e. The van der Waals surface area contributed by atoms with E-state index < -0.39 is 0 Å². The van der Waals surface area contributed by atoms with Gasteiger partial charge < -0.3 is 4.74 Å². The maximum absolute atomic E-state index is 5.50. The van der Waals surface area contributed by atoms with E-state index in [4.69, 9.17) is 17.0 Å². The number of hydrogen-bond acceptors (Lipinski definition) is 3. The average molecular weight is 199 g/mol. The highest BCUT2D eigenvalue weighted by Crippen LogP contribution is 2.15. The summed E-state index contributed by atoms with van der Waals surface area (Å²) in [6.45, 7) is 0.887. The smallest absolute Gasteiger partial charge is 0.215 e. The van der Waals surface area contributed by atoms with Crippen LogP contribution in [0.15, 0.2) is 0 Å². The fourth-order valence-electron chi connectivity index (χ4n) is 1.57. The van der Waals surface area contributed by atoms with Crippen molar-refractivity contribution < 1.29 is 4.74 Å². The fraction of sp³-hybridized carbons (Fsp3) is 0.750. The molecule has 1 aliphatic heterocycles. The summed E-state index contributed by atoms with van der Waals surface area (Å²) in [7, 11) is 1.87. The number of rotatable bonds is 2. The van der Waals surface area contributed by atoms with Gasteiger partial charge in [0.25, 0.3) is 0 Å². The van der Waals surface area contributed by atoms with Gasteiger partial charge in [-0.3, -0.25) is 9.78 Å². The third-order valence-electron chi connectivity index (χ3n) is 2.26. The quantitative estimate of drug-likeness (QED) is 0.728. The van der Waals surface area contributed by atoms with Crippen LogP contribution in [0.25, 0.3) is 0 Å². The molecule has 1 atom stereocenters. The molecular formula is C8H13N3OS. The normalized spacial score (nSPS) is 22.4. The molecule has 1 saturated heterocycles. The van der Waals surface area contributed by atoms with E-state index in [1.54, 1.807) is 4.68 Å². The van der Waals surface area contributed by atoms with Crippen LogP contribution in [0.4, 0.5) is 0 Å². The highest BCUT2D eigenvalue weighted by atomic mass is 32.1. The molecule has 0 spiro atoms. The Morgan fingerprint density at radius 3 is 3.15 bits per heavy atom. The zero-order valence-electron chi connectivity index (χ0n) is 7.62. The van der Waals surface area contributed by atoms with E-state index in [0.717, 1.165) is 31.7 Å². The van der Waals surface area contributed by atoms with Crippen molar-refractivity contribution in [2.45, 2.75) is 25.4 Å². The number of ether oxygens (including phenoxy) is 1. The Bertz CT molecular complexity index is 337. The number of aromatic amines is 1. The summed E-state index contributed by atoms with van der Waals surface area (Å²) >= 11 is 4.99. The van der Waals surface area contributed by atoms with E-state index >= 15 is 0 Å². The molecule has 1 unspecified atom stereocenters. The lowest BCUT2D eigenvalue weighted by molar-refractivity contribution is 0.110. The largest absolute Gasteiger partial charge is 0.378 e. The van der Waals surface area contributed by atoms with Crippen LogP contribution in [0, 0.1) is 4.77 Å². The number of hydrogen-bond donors (Lipinski definition) is 1. The van der Waals surface area contributed by atoms with Crippen molar-refractivity contribution in [1.82, 2.24) is 14.8 Å². The minimum absolute atomic E-state index is 0.334. The summed E-state index contributed by atoms with van der Waals surface area (Å²) in [6, 6.07) is 0. The summed E-state index contributed by atoms with van der Waals surface area (Å²) in [6.07, 6.45) is 3.49. The van der Waals surface area contributed by atoms with Gasteiger partial charge in [-0.05, 0) is 25.1 Å². The zero-order valence-corrected chi connectivity index (χ0v) is 8.43. The van der Waals surface area contributed by atoms with Crippen molar-refractivity contribution >= 4 is 12.2 Å². The van der Waals surface area contributed by atoms with Crippen LogP contribution in [-0.2, 0) is 18.2 Å². The van der Waals surface area contributed by atoms with Gasteiger partial charge in [0.05, 0.1) is 6.10 Å². The molecule has 72 valence electrons. The molecule has 1 fully saturated rings. The summed E-state index contributed by atoms with van der Waals surface area (Å²) in [5, 5.41) is 3.09. The zero-order chi connectivity index (χ0) is 9.26. The summed E-state index contributed by atoms with van der Waals surface area (Å²) < 4.78 is 7.86. The topological polar surface area (TPSA) is 42.8 Å². The Hall–Kier alpha value is -0.680. The van der Waals surface area contributed by atoms with Crippen molar-refractivity contribution in [1.29, 1.82) is 0 Å². The first-order valence-corrected chi connectivity index (χ1v) is 4.90. The van der Waals surface area contributed by atoms with Gasteiger partial charge in [-0.1, -0.05) is 0 Å². The highest BCUT2D eigenvalue weighted by Gasteiger charge is 2.17. The third kappa shape index (κ3) is 1.97. The number of nitrogens with one attached hydrogen (secondary N) is 1. The summed E-state index contributed by atoms with van der Waals surface area (Å²) in [5.74, 6) is 0.930. The van der Waals surface area contributed by atoms with Gasteiger partial charge in [-0.2, -0.15) is 0 Å². The second kappa shape index (κ2) is 3.59. The van der Waals surface area contributed by atoms with Crippen LogP contribution in [0.2, 0.25) is 0 Å². The Morgan fingerprint density at radius 2 is 2.62 bits per heavy atom. The molecule has 0 bridgehead atoms. The van der Waals surface area contributed by atoms with Crippen molar-refractivity contribution in [2.75, 3.05) is 6.61 Å². The van der Waals surface area contributed by atoms with Crippen LogP contribution in [-0.4, -0.2) is 27.5 Å². The lowest BCUT2D eigenvalue weighted by atomic mass is 10.2. The minimum atomic E-state index is 0.334. The Morgan fingerprint density at radius 1 is 1.77 bits per heavy atom. The molecule has 5 heteroatoms. The maximum atomic E-state index is 5.50. The van der Waals surface area contributed by atoms with Crippen LogP contribution in [0.3, 0.4) is 0 Å². The Kier molecular flexibility index (Phi) is 2.46. The lowest BCUT2D eigenvalue weighted by Gasteiger charge is -2.05. The van der Waals surface area contributed by atoms with Crippen LogP contribution in [0.1, 0.15) is 18.7 Å². The first kappa shape index (κ1) is 8.90. The van der Waals surface area contributed by atoms with Crippen molar-refractivity contribution in [3.8, 4) is 0 Å². The SMILES string of the molecule is Cn1[nH]c(CC2CCCO2)nc1=S. The van der Waals surface area contributed by atoms with E-state index in [1.165, 1.54) is 0 Å². The third-order valence-corrected chi connectivity index (χ3v) is 2.62. The van der Waals surface area contributed by atoms with Gasteiger partial charge in [-0.25, -0.2) is 4.98 Å². The lowest BCUT2D eigenvalue weighted by Crippen LogP contribution is -2.10. The Balaban J connectivity index is 2.04. The first-order chi connectivity index (χ1) is 6.25. The summed E-state index contributed by atoms with van der Waals surface area (Å²) in [5.41, 5.74) is 0. The molecule has 0 saturated carbocycles. The van der Waals surface area contributed by atoms with Crippen LogP contribution >= 0.6 is 12.2 Å². The molecule has 1 aromatic rings. The number of H-pyrrole nitrogens is 1. The second-order valence-corrected chi connectivity index (χ2v) is 3.72. The van der Waals surface area contributed by atoms with Crippen molar-refractivity contribution in [3.63, 3.8) is 0 Å². The monoisotopic (exact) mass is 199 g/mol. The molecular weight excluding hydrogens is 186 g/mol. The average Bonchev–Trinajstić information content (AvgIpc) is 2.64. The molecule has 2 rings (SSSR count). The molecule has 0 radical (unpaired) electrons. The van der Waals surface area contributed by atoms with E-state index in [9.17, 15) is 0 Å². The van der Waals surface area contributed by atoms with Gasteiger partial charge in [0, 0.05) is 20.1 Å². The fourth-order valence-corrected chi connectivity index (χ4v) is 1.72. The molecule has 13 heavy (non-hydrogen) atoms. The molecule has 0 aromatic carbocycles. The second-order valence-electron chi connectivity index (χ2n) is 3.35. The molecule has 0 aliphatic carbocycles.